The summed E-state index contributed by atoms with van der Waals surface area (Å²) in [4.78, 5) is 60.3. The van der Waals surface area contributed by atoms with Crippen LogP contribution in [0.25, 0.3) is 33.1 Å². The summed E-state index contributed by atoms with van der Waals surface area (Å²) in [5.41, 5.74) is 8.45. The number of anilines is 2. The maximum absolute atomic E-state index is 13.6. The van der Waals surface area contributed by atoms with E-state index >= 15 is 0 Å². The van der Waals surface area contributed by atoms with Gasteiger partial charge in [0, 0.05) is 94.1 Å². The lowest BCUT2D eigenvalue weighted by molar-refractivity contribution is -0.133. The van der Waals surface area contributed by atoms with Gasteiger partial charge in [-0.25, -0.2) is 15.0 Å². The fourth-order valence-electron chi connectivity index (χ4n) is 9.92. The van der Waals surface area contributed by atoms with Gasteiger partial charge in [-0.3, -0.25) is 34.6 Å². The van der Waals surface area contributed by atoms with Gasteiger partial charge < -0.3 is 19.7 Å². The van der Waals surface area contributed by atoms with E-state index < -0.39 is 6.04 Å². The van der Waals surface area contributed by atoms with E-state index in [1.165, 1.54) is 27.8 Å². The van der Waals surface area contributed by atoms with Gasteiger partial charge in [-0.05, 0) is 110 Å². The van der Waals surface area contributed by atoms with E-state index in [2.05, 4.69) is 99.6 Å². The van der Waals surface area contributed by atoms with Gasteiger partial charge in [0.25, 0.3) is 5.91 Å². The number of imide groups is 1. The monoisotopic (exact) mass is 834 g/mol. The molecule has 4 fully saturated rings. The number of rotatable bonds is 10. The largest absolute Gasteiger partial charge is 0.371 e. The van der Waals surface area contributed by atoms with Crippen LogP contribution in [0.15, 0.2) is 79.4 Å². The first-order valence-electron chi connectivity index (χ1n) is 22.2. The summed E-state index contributed by atoms with van der Waals surface area (Å²) < 4.78 is 2.24. The molecule has 1 unspecified atom stereocenters. The Morgan fingerprint density at radius 2 is 1.58 bits per heavy atom. The highest BCUT2D eigenvalue weighted by atomic mass is 16.2. The van der Waals surface area contributed by atoms with Gasteiger partial charge in [0.05, 0.1) is 29.8 Å². The van der Waals surface area contributed by atoms with Gasteiger partial charge in [-0.15, -0.1) is 0 Å². The Bertz CT molecular complexity index is 2560. The lowest BCUT2D eigenvalue weighted by atomic mass is 9.88. The molecule has 6 aromatic rings. The highest BCUT2D eigenvalue weighted by Gasteiger charge is 2.29. The standard InChI is InChI=1S/C47H54N12O3/c1-55-38(25-40-39(10-15-48-44(40)55)35-6-7-41-36(24-35)26-51-54-41)30-56-16-13-33(14-17-56)32-2-4-34(5-3-32)46(62)58-18-11-31(12-19-58)29-57-20-22-59(23-21-57)47-49-27-37(28-50-47)52-42-8-9-43(60)53-45(42)61/h2-7,10,15,24-28,31,33,42,52H,8-9,11-14,16-23,29-30H2,1H3,(H,51,54)(H,53,60,61). The van der Waals surface area contributed by atoms with Gasteiger partial charge in [-0.2, -0.15) is 5.10 Å². The van der Waals surface area contributed by atoms with E-state index in [4.69, 9.17) is 4.98 Å². The van der Waals surface area contributed by atoms with Gasteiger partial charge >= 0.3 is 0 Å². The smallest absolute Gasteiger partial charge is 0.253 e. The number of hydrogen-bond acceptors (Lipinski definition) is 11. The summed E-state index contributed by atoms with van der Waals surface area (Å²) in [5.74, 6) is 1.36. The molecule has 4 aliphatic rings. The van der Waals surface area contributed by atoms with E-state index in [1.54, 1.807) is 12.4 Å². The van der Waals surface area contributed by atoms with Crippen molar-refractivity contribution in [2.24, 2.45) is 13.0 Å². The zero-order valence-electron chi connectivity index (χ0n) is 35.3. The van der Waals surface area contributed by atoms with E-state index in [0.717, 1.165) is 113 Å². The number of fused-ring (bicyclic) bond motifs is 2. The van der Waals surface area contributed by atoms with Gasteiger partial charge in [0.1, 0.15) is 11.7 Å². The quantitative estimate of drug-likeness (QED) is 0.156. The molecular formula is C47H54N12O3. The van der Waals surface area contributed by atoms with Crippen LogP contribution in [-0.4, -0.2) is 127 Å². The Hall–Kier alpha value is -6.19. The first-order chi connectivity index (χ1) is 30.3. The molecule has 4 aliphatic heterocycles. The predicted molar refractivity (Wildman–Crippen MR) is 239 cm³/mol. The van der Waals surface area contributed by atoms with Crippen LogP contribution in [-0.2, 0) is 23.2 Å². The molecule has 62 heavy (non-hydrogen) atoms. The molecule has 15 heteroatoms. The average Bonchev–Trinajstić information content (AvgIpc) is 3.91. The number of H-pyrrole nitrogens is 1. The van der Waals surface area contributed by atoms with Crippen LogP contribution in [0.3, 0.4) is 0 Å². The second kappa shape index (κ2) is 17.3. The SMILES string of the molecule is Cn1c(CN2CCC(c3ccc(C(=O)N4CCC(CN5CCN(c6ncc(NC7CCC(=O)NC7=O)cn6)CC5)CC4)cc3)CC2)cc2c(-c3ccc4[nH]ncc4c3)ccnc21. The second-order valence-electron chi connectivity index (χ2n) is 17.6. The number of nitrogens with zero attached hydrogens (tertiary/aromatic N) is 9. The van der Waals surface area contributed by atoms with Crippen LogP contribution >= 0.6 is 0 Å². The third-order valence-corrected chi connectivity index (χ3v) is 13.7. The van der Waals surface area contributed by atoms with Crippen LogP contribution in [0, 0.1) is 5.92 Å². The molecule has 0 radical (unpaired) electrons. The van der Waals surface area contributed by atoms with Gasteiger partial charge in [0.2, 0.25) is 17.8 Å². The van der Waals surface area contributed by atoms with Crippen molar-refractivity contribution in [2.75, 3.05) is 69.1 Å². The second-order valence-corrected chi connectivity index (χ2v) is 17.6. The number of amides is 3. The van der Waals surface area contributed by atoms with Crippen molar-refractivity contribution in [3.05, 3.63) is 96.2 Å². The van der Waals surface area contributed by atoms with Crippen molar-refractivity contribution >= 4 is 51.3 Å². The lowest BCUT2D eigenvalue weighted by Gasteiger charge is -2.39. The fraction of sp³-hybridized carbons (Fsp3) is 0.426. The number of nitrogens with one attached hydrogen (secondary N) is 3. The van der Waals surface area contributed by atoms with Crippen molar-refractivity contribution in [3.8, 4) is 11.1 Å². The normalized spacial score (nSPS) is 20.0. The number of benzene rings is 2. The molecule has 1 atom stereocenters. The van der Waals surface area contributed by atoms with E-state index in [1.807, 2.05) is 29.4 Å². The summed E-state index contributed by atoms with van der Waals surface area (Å²) >= 11 is 0. The summed E-state index contributed by atoms with van der Waals surface area (Å²) in [6.45, 7) is 9.18. The number of carbonyl (C=O) groups is 3. The van der Waals surface area contributed by atoms with E-state index in [-0.39, 0.29) is 17.7 Å². The molecule has 15 nitrogen and oxygen atoms in total. The van der Waals surface area contributed by atoms with Crippen molar-refractivity contribution in [1.29, 1.82) is 0 Å². The molecule has 0 aliphatic carbocycles. The number of pyridine rings is 1. The van der Waals surface area contributed by atoms with Crippen LogP contribution in [0.2, 0.25) is 0 Å². The molecular weight excluding hydrogens is 781 g/mol. The molecule has 320 valence electrons. The van der Waals surface area contributed by atoms with E-state index in [9.17, 15) is 14.4 Å². The molecule has 8 heterocycles. The highest BCUT2D eigenvalue weighted by Crippen LogP contribution is 2.34. The summed E-state index contributed by atoms with van der Waals surface area (Å²) in [5, 5.41) is 15.0. The Labute approximate surface area is 360 Å². The zero-order chi connectivity index (χ0) is 42.2. The number of aromatic nitrogens is 6. The summed E-state index contributed by atoms with van der Waals surface area (Å²) in [6.07, 6.45) is 12.2. The molecule has 2 aromatic carbocycles. The number of likely N-dealkylation sites (tertiary alicyclic amines) is 2. The Morgan fingerprint density at radius 1 is 0.806 bits per heavy atom. The minimum absolute atomic E-state index is 0.145. The van der Waals surface area contributed by atoms with Gasteiger partial charge in [-0.1, -0.05) is 18.2 Å². The molecule has 3 N–H and O–H groups in total. The Morgan fingerprint density at radius 3 is 2.34 bits per heavy atom. The van der Waals surface area contributed by atoms with Crippen LogP contribution in [0.1, 0.15) is 66.1 Å². The number of aryl methyl sites for hydroxylation is 1. The van der Waals surface area contributed by atoms with Crippen LogP contribution in [0.4, 0.5) is 11.6 Å². The maximum Gasteiger partial charge on any atom is 0.253 e. The van der Waals surface area contributed by atoms with Gasteiger partial charge in [0.15, 0.2) is 0 Å². The van der Waals surface area contributed by atoms with Crippen molar-refractivity contribution in [2.45, 2.75) is 57.0 Å². The molecule has 4 saturated heterocycles. The zero-order valence-corrected chi connectivity index (χ0v) is 35.3. The highest BCUT2D eigenvalue weighted by molar-refractivity contribution is 6.01. The van der Waals surface area contributed by atoms with Crippen LogP contribution < -0.4 is 15.5 Å². The molecule has 0 spiro atoms. The molecule has 3 amide bonds. The minimum atomic E-state index is -0.457. The Balaban J connectivity index is 0.659. The van der Waals surface area contributed by atoms with Crippen molar-refractivity contribution in [3.63, 3.8) is 0 Å². The first-order valence-corrected chi connectivity index (χ1v) is 22.2. The van der Waals surface area contributed by atoms with Crippen molar-refractivity contribution < 1.29 is 14.4 Å². The number of piperazine rings is 1. The predicted octanol–water partition coefficient (Wildman–Crippen LogP) is 5.18. The third-order valence-electron chi connectivity index (χ3n) is 13.7. The topological polar surface area (TPSA) is 161 Å². The summed E-state index contributed by atoms with van der Waals surface area (Å²) in [6, 6.07) is 18.9. The lowest BCUT2D eigenvalue weighted by Crippen LogP contribution is -2.49. The fourth-order valence-corrected chi connectivity index (χ4v) is 9.92. The number of piperidine rings is 3. The first kappa shape index (κ1) is 39.9. The number of carbonyl (C=O) groups excluding carboxylic acids is 3. The molecule has 4 aromatic heterocycles. The number of hydrogen-bond donors (Lipinski definition) is 3. The molecule has 10 rings (SSSR count). The van der Waals surface area contributed by atoms with E-state index in [0.29, 0.717) is 36.3 Å². The molecule has 0 bridgehead atoms. The van der Waals surface area contributed by atoms with Crippen molar-refractivity contribution in [1.82, 2.24) is 49.7 Å². The third kappa shape index (κ3) is 8.38. The summed E-state index contributed by atoms with van der Waals surface area (Å²) in [7, 11) is 2.13. The van der Waals surface area contributed by atoms with Crippen LogP contribution in [0.5, 0.6) is 0 Å². The number of aromatic amines is 1. The minimum Gasteiger partial charge on any atom is -0.371 e. The average molecular weight is 835 g/mol. The Kier molecular flexibility index (Phi) is 11.1. The maximum atomic E-state index is 13.6. The molecule has 0 saturated carbocycles.